The summed E-state index contributed by atoms with van der Waals surface area (Å²) in [6.45, 7) is 13.4. The minimum atomic E-state index is -0.810. The third-order valence-corrected chi connectivity index (χ3v) is 5.16. The van der Waals surface area contributed by atoms with Crippen LogP contribution < -0.4 is 10.6 Å². The molecule has 0 saturated heterocycles. The Morgan fingerprint density at radius 2 is 1.67 bits per heavy atom. The molecular weight excluding hydrogens is 438 g/mol. The number of benzene rings is 1. The molecule has 0 saturated carbocycles. The number of nitrogens with one attached hydrogen (secondary N) is 2. The van der Waals surface area contributed by atoms with E-state index in [0.717, 1.165) is 5.56 Å². The number of hydrogen-bond acceptors (Lipinski definition) is 5. The number of amides is 3. The third-order valence-electron chi connectivity index (χ3n) is 4.52. The number of carbonyl (C=O) groups is 3. The van der Waals surface area contributed by atoms with Crippen LogP contribution >= 0.6 is 11.8 Å². The first-order valence-electron chi connectivity index (χ1n) is 11.4. The zero-order valence-electron chi connectivity index (χ0n) is 21.4. The molecule has 7 nitrogen and oxygen atoms in total. The monoisotopic (exact) mass is 479 g/mol. The summed E-state index contributed by atoms with van der Waals surface area (Å²) >= 11 is 1.59. The summed E-state index contributed by atoms with van der Waals surface area (Å²) in [6, 6.07) is 7.67. The first-order valence-corrected chi connectivity index (χ1v) is 12.8. The second-order valence-corrected chi connectivity index (χ2v) is 11.0. The highest BCUT2D eigenvalue weighted by molar-refractivity contribution is 7.98. The van der Waals surface area contributed by atoms with Crippen molar-refractivity contribution in [3.05, 3.63) is 35.9 Å². The van der Waals surface area contributed by atoms with E-state index in [9.17, 15) is 14.4 Å². The fourth-order valence-corrected chi connectivity index (χ4v) is 3.77. The van der Waals surface area contributed by atoms with Gasteiger partial charge in [-0.15, -0.1) is 0 Å². The maximum atomic E-state index is 13.8. The van der Waals surface area contributed by atoms with E-state index in [4.69, 9.17) is 4.74 Å². The van der Waals surface area contributed by atoms with Crippen LogP contribution in [0.25, 0.3) is 0 Å². The summed E-state index contributed by atoms with van der Waals surface area (Å²) in [5, 5.41) is 5.76. The van der Waals surface area contributed by atoms with Crippen molar-refractivity contribution in [2.75, 3.05) is 18.6 Å². The largest absolute Gasteiger partial charge is 0.444 e. The number of nitrogens with zero attached hydrogens (tertiary/aromatic N) is 1. The van der Waals surface area contributed by atoms with Gasteiger partial charge >= 0.3 is 6.09 Å². The Bertz CT molecular complexity index is 772. The molecule has 1 aromatic rings. The van der Waals surface area contributed by atoms with E-state index in [-0.39, 0.29) is 11.8 Å². The van der Waals surface area contributed by atoms with Gasteiger partial charge in [-0.1, -0.05) is 37.3 Å². The van der Waals surface area contributed by atoms with Crippen molar-refractivity contribution in [2.24, 2.45) is 0 Å². The number of alkyl carbamates (subject to hydrolysis) is 1. The van der Waals surface area contributed by atoms with Gasteiger partial charge in [0, 0.05) is 12.1 Å². The number of ether oxygens (including phenoxy) is 1. The summed E-state index contributed by atoms with van der Waals surface area (Å²) in [5.74, 6) is 0.127. The van der Waals surface area contributed by atoms with Gasteiger partial charge in [-0.25, -0.2) is 4.79 Å². The van der Waals surface area contributed by atoms with Gasteiger partial charge in [0.15, 0.2) is 0 Å². The molecule has 0 spiro atoms. The molecule has 1 rings (SSSR count). The van der Waals surface area contributed by atoms with E-state index in [0.29, 0.717) is 25.1 Å². The molecule has 3 amide bonds. The number of carbonyl (C=O) groups excluding carboxylic acids is 3. The lowest BCUT2D eigenvalue weighted by atomic mass is 10.00. The van der Waals surface area contributed by atoms with Crippen LogP contribution in [-0.2, 0) is 14.3 Å². The summed E-state index contributed by atoms with van der Waals surface area (Å²) in [4.78, 5) is 41.3. The molecule has 0 aliphatic heterocycles. The Morgan fingerprint density at radius 1 is 1.06 bits per heavy atom. The maximum absolute atomic E-state index is 13.8. The van der Waals surface area contributed by atoms with Crippen molar-refractivity contribution in [2.45, 2.75) is 84.5 Å². The first-order chi connectivity index (χ1) is 15.3. The summed E-state index contributed by atoms with van der Waals surface area (Å²) in [6.07, 6.45) is 2.40. The van der Waals surface area contributed by atoms with Crippen molar-refractivity contribution in [3.8, 4) is 0 Å². The smallest absolute Gasteiger partial charge is 0.408 e. The minimum Gasteiger partial charge on any atom is -0.444 e. The van der Waals surface area contributed by atoms with Gasteiger partial charge < -0.3 is 20.3 Å². The van der Waals surface area contributed by atoms with Crippen LogP contribution in [0.5, 0.6) is 0 Å². The number of hydrogen-bond donors (Lipinski definition) is 2. The second-order valence-electron chi connectivity index (χ2n) is 10.1. The SMILES string of the molecule is CCCN(C(=O)C(CCSC)NC(=O)OC(C)(C)C)C(C(=O)NC(C)(C)C)c1ccccc1. The molecule has 33 heavy (non-hydrogen) atoms. The molecule has 0 heterocycles. The Kier molecular flexibility index (Phi) is 11.2. The number of thioether (sulfide) groups is 1. The van der Waals surface area contributed by atoms with Crippen LogP contribution in [0.15, 0.2) is 30.3 Å². The average Bonchev–Trinajstić information content (AvgIpc) is 2.68. The Labute approximate surface area is 203 Å². The average molecular weight is 480 g/mol. The highest BCUT2D eigenvalue weighted by Crippen LogP contribution is 2.24. The van der Waals surface area contributed by atoms with E-state index < -0.39 is 29.3 Å². The molecular formula is C25H41N3O4S. The van der Waals surface area contributed by atoms with Crippen LogP contribution in [0.3, 0.4) is 0 Å². The van der Waals surface area contributed by atoms with Crippen molar-refractivity contribution in [1.29, 1.82) is 0 Å². The third kappa shape index (κ3) is 10.5. The predicted molar refractivity (Wildman–Crippen MR) is 135 cm³/mol. The molecule has 0 aliphatic carbocycles. The van der Waals surface area contributed by atoms with E-state index >= 15 is 0 Å². The summed E-state index contributed by atoms with van der Waals surface area (Å²) in [7, 11) is 0. The lowest BCUT2D eigenvalue weighted by Gasteiger charge is -2.36. The molecule has 2 unspecified atom stereocenters. The Balaban J connectivity index is 3.35. The van der Waals surface area contributed by atoms with Gasteiger partial charge in [0.1, 0.15) is 17.7 Å². The molecule has 1 aromatic carbocycles. The van der Waals surface area contributed by atoms with Gasteiger partial charge in [-0.05, 0) is 72.0 Å². The molecule has 0 aromatic heterocycles. The Morgan fingerprint density at radius 3 is 2.15 bits per heavy atom. The summed E-state index contributed by atoms with van der Waals surface area (Å²) in [5.41, 5.74) is -0.417. The molecule has 2 N–H and O–H groups in total. The molecule has 8 heteroatoms. The second kappa shape index (κ2) is 12.9. The fraction of sp³-hybridized carbons (Fsp3) is 0.640. The molecule has 0 aliphatic rings. The van der Waals surface area contributed by atoms with Gasteiger partial charge in [0.25, 0.3) is 0 Å². The van der Waals surface area contributed by atoms with E-state index in [2.05, 4.69) is 10.6 Å². The van der Waals surface area contributed by atoms with Crippen molar-refractivity contribution in [3.63, 3.8) is 0 Å². The van der Waals surface area contributed by atoms with Gasteiger partial charge in [0.2, 0.25) is 11.8 Å². The lowest BCUT2D eigenvalue weighted by molar-refractivity contribution is -0.143. The quantitative estimate of drug-likeness (QED) is 0.515. The first kappa shape index (κ1) is 28.8. The topological polar surface area (TPSA) is 87.7 Å². The fourth-order valence-electron chi connectivity index (χ4n) is 3.30. The van der Waals surface area contributed by atoms with Crippen molar-refractivity contribution >= 4 is 29.7 Å². The molecule has 186 valence electrons. The van der Waals surface area contributed by atoms with Crippen LogP contribution in [0.1, 0.15) is 72.9 Å². The van der Waals surface area contributed by atoms with E-state index in [1.54, 1.807) is 37.4 Å². The normalized spacial score (nSPS) is 13.6. The maximum Gasteiger partial charge on any atom is 0.408 e. The van der Waals surface area contributed by atoms with Crippen LogP contribution in [0.2, 0.25) is 0 Å². The van der Waals surface area contributed by atoms with Gasteiger partial charge in [-0.3, -0.25) is 9.59 Å². The lowest BCUT2D eigenvalue weighted by Crippen LogP contribution is -2.55. The van der Waals surface area contributed by atoms with Crippen LogP contribution in [0.4, 0.5) is 4.79 Å². The van der Waals surface area contributed by atoms with Gasteiger partial charge in [0.05, 0.1) is 0 Å². The molecule has 0 fully saturated rings. The molecule has 2 atom stereocenters. The van der Waals surface area contributed by atoms with Crippen LogP contribution in [-0.4, -0.2) is 58.5 Å². The highest BCUT2D eigenvalue weighted by atomic mass is 32.2. The van der Waals surface area contributed by atoms with Crippen molar-refractivity contribution in [1.82, 2.24) is 15.5 Å². The van der Waals surface area contributed by atoms with E-state index in [1.807, 2.05) is 64.3 Å². The van der Waals surface area contributed by atoms with E-state index in [1.165, 1.54) is 0 Å². The standard InChI is InChI=1S/C25H41N3O4S/c1-9-16-28(20(18-13-11-10-12-14-18)21(29)27-24(2,3)4)22(30)19(15-17-33-8)26-23(31)32-25(5,6)7/h10-14,19-20H,9,15-17H2,1-8H3,(H,26,31)(H,27,29). The molecule has 0 bridgehead atoms. The minimum absolute atomic E-state index is 0.253. The predicted octanol–water partition coefficient (Wildman–Crippen LogP) is 4.53. The zero-order valence-corrected chi connectivity index (χ0v) is 22.2. The summed E-state index contributed by atoms with van der Waals surface area (Å²) < 4.78 is 5.39. The van der Waals surface area contributed by atoms with Crippen LogP contribution in [0, 0.1) is 0 Å². The van der Waals surface area contributed by atoms with Gasteiger partial charge in [-0.2, -0.15) is 11.8 Å². The molecule has 0 radical (unpaired) electrons. The zero-order chi connectivity index (χ0) is 25.2. The highest BCUT2D eigenvalue weighted by Gasteiger charge is 2.36. The van der Waals surface area contributed by atoms with Crippen molar-refractivity contribution < 1.29 is 19.1 Å². The number of rotatable bonds is 10. The Hall–Kier alpha value is -2.22.